The highest BCUT2D eigenvalue weighted by atomic mass is 19.1. The zero-order valence-electron chi connectivity index (χ0n) is 10.8. The third-order valence-electron chi connectivity index (χ3n) is 3.47. The topological polar surface area (TPSA) is 57.6 Å². The highest BCUT2D eigenvalue weighted by Gasteiger charge is 2.31. The number of hydrogen-bond acceptors (Lipinski definition) is 2. The lowest BCUT2D eigenvalue weighted by atomic mass is 9.98. The molecule has 1 N–H and O–H groups in total. The molecule has 0 radical (unpaired) electrons. The predicted octanol–water partition coefficient (Wildman–Crippen LogP) is 2.43. The van der Waals surface area contributed by atoms with Crippen molar-refractivity contribution in [3.63, 3.8) is 0 Å². The Morgan fingerprint density at radius 3 is 2.50 bits per heavy atom. The van der Waals surface area contributed by atoms with E-state index in [1.165, 1.54) is 11.0 Å². The maximum Gasteiger partial charge on any atom is 0.305 e. The van der Waals surface area contributed by atoms with Gasteiger partial charge in [0.05, 0.1) is 6.42 Å². The van der Waals surface area contributed by atoms with Gasteiger partial charge < -0.3 is 10.0 Å². The molecule has 0 saturated carbocycles. The van der Waals surface area contributed by atoms with Crippen LogP contribution < -0.4 is 0 Å². The number of aliphatic carboxylic acids is 1. The van der Waals surface area contributed by atoms with Crippen molar-refractivity contribution in [2.75, 3.05) is 6.54 Å². The van der Waals surface area contributed by atoms with Gasteiger partial charge in [0.1, 0.15) is 17.2 Å². The minimum absolute atomic E-state index is 0.207. The van der Waals surface area contributed by atoms with Gasteiger partial charge in [-0.1, -0.05) is 6.07 Å². The molecule has 1 aliphatic rings. The van der Waals surface area contributed by atoms with Crippen LogP contribution in [0.5, 0.6) is 0 Å². The molecule has 2 rings (SSSR count). The van der Waals surface area contributed by atoms with E-state index in [4.69, 9.17) is 5.11 Å². The molecule has 108 valence electrons. The maximum atomic E-state index is 13.6. The summed E-state index contributed by atoms with van der Waals surface area (Å²) < 4.78 is 27.3. The Hall–Kier alpha value is -1.98. The Bertz CT molecular complexity index is 513. The molecule has 1 unspecified atom stereocenters. The number of amides is 1. The standard InChI is InChI=1S/C14H15F2NO3/c15-10-5-3-6-11(16)13(10)14(20)17-7-2-1-4-9(17)8-12(18)19/h3,5-6,9H,1-2,4,7-8H2,(H,18,19). The van der Waals surface area contributed by atoms with Crippen molar-refractivity contribution in [2.24, 2.45) is 0 Å². The third-order valence-corrected chi connectivity index (χ3v) is 3.47. The molecule has 0 bridgehead atoms. The Kier molecular flexibility index (Phi) is 4.32. The molecule has 1 saturated heterocycles. The summed E-state index contributed by atoms with van der Waals surface area (Å²) in [6.45, 7) is 0.324. The molecule has 0 spiro atoms. The Labute approximate surface area is 115 Å². The number of likely N-dealkylation sites (tertiary alicyclic amines) is 1. The number of halogens is 2. The van der Waals surface area contributed by atoms with Gasteiger partial charge in [0.2, 0.25) is 0 Å². The second-order valence-corrected chi connectivity index (χ2v) is 4.84. The first-order valence-electron chi connectivity index (χ1n) is 6.47. The van der Waals surface area contributed by atoms with Crippen molar-refractivity contribution in [1.29, 1.82) is 0 Å². The van der Waals surface area contributed by atoms with Gasteiger partial charge in [0, 0.05) is 12.6 Å². The molecule has 1 atom stereocenters. The van der Waals surface area contributed by atoms with Crippen molar-refractivity contribution in [2.45, 2.75) is 31.7 Å². The summed E-state index contributed by atoms with van der Waals surface area (Å²) in [7, 11) is 0. The van der Waals surface area contributed by atoms with Crippen molar-refractivity contribution >= 4 is 11.9 Å². The van der Waals surface area contributed by atoms with Gasteiger partial charge in [-0.05, 0) is 31.4 Å². The van der Waals surface area contributed by atoms with E-state index in [-0.39, 0.29) is 6.42 Å². The minimum atomic E-state index is -1.02. The average Bonchev–Trinajstić information content (AvgIpc) is 2.38. The van der Waals surface area contributed by atoms with Crippen LogP contribution in [0.1, 0.15) is 36.0 Å². The van der Waals surface area contributed by atoms with E-state index < -0.39 is 35.1 Å². The largest absolute Gasteiger partial charge is 0.481 e. The van der Waals surface area contributed by atoms with Crippen LogP contribution in [0.25, 0.3) is 0 Å². The monoisotopic (exact) mass is 283 g/mol. The highest BCUT2D eigenvalue weighted by Crippen LogP contribution is 2.24. The maximum absolute atomic E-state index is 13.6. The first-order valence-corrected chi connectivity index (χ1v) is 6.47. The second kappa shape index (κ2) is 5.98. The number of carbonyl (C=O) groups is 2. The fraction of sp³-hybridized carbons (Fsp3) is 0.429. The number of hydrogen-bond donors (Lipinski definition) is 1. The highest BCUT2D eigenvalue weighted by molar-refractivity contribution is 5.95. The van der Waals surface area contributed by atoms with E-state index in [1.54, 1.807) is 0 Å². The van der Waals surface area contributed by atoms with E-state index in [9.17, 15) is 18.4 Å². The van der Waals surface area contributed by atoms with E-state index in [1.807, 2.05) is 0 Å². The number of nitrogens with zero attached hydrogens (tertiary/aromatic N) is 1. The van der Waals surface area contributed by atoms with Gasteiger partial charge in [-0.25, -0.2) is 8.78 Å². The van der Waals surface area contributed by atoms with Crippen LogP contribution in [0.3, 0.4) is 0 Å². The van der Waals surface area contributed by atoms with Gasteiger partial charge in [-0.2, -0.15) is 0 Å². The summed E-state index contributed by atoms with van der Waals surface area (Å²) in [4.78, 5) is 24.4. The summed E-state index contributed by atoms with van der Waals surface area (Å²) in [5.41, 5.74) is -0.607. The normalized spacial score (nSPS) is 18.9. The molecule has 1 aliphatic heterocycles. The molecule has 1 aromatic carbocycles. The molecule has 1 amide bonds. The molecule has 20 heavy (non-hydrogen) atoms. The molecule has 1 heterocycles. The lowest BCUT2D eigenvalue weighted by Crippen LogP contribution is -2.45. The zero-order chi connectivity index (χ0) is 14.7. The molecule has 0 aliphatic carbocycles. The fourth-order valence-corrected chi connectivity index (χ4v) is 2.53. The van der Waals surface area contributed by atoms with E-state index in [2.05, 4.69) is 0 Å². The Morgan fingerprint density at radius 2 is 1.90 bits per heavy atom. The van der Waals surface area contributed by atoms with Gasteiger partial charge in [0.25, 0.3) is 5.91 Å². The summed E-state index contributed by atoms with van der Waals surface area (Å²) >= 11 is 0. The van der Waals surface area contributed by atoms with Crippen molar-refractivity contribution in [3.8, 4) is 0 Å². The van der Waals surface area contributed by atoms with Crippen LogP contribution in [0.2, 0.25) is 0 Å². The van der Waals surface area contributed by atoms with Gasteiger partial charge in [-0.3, -0.25) is 9.59 Å². The van der Waals surface area contributed by atoms with Gasteiger partial charge in [0.15, 0.2) is 0 Å². The molecule has 6 heteroatoms. The first kappa shape index (κ1) is 14.4. The summed E-state index contributed by atoms with van der Waals surface area (Å²) in [6, 6.07) is 2.72. The predicted molar refractivity (Wildman–Crippen MR) is 67.3 cm³/mol. The van der Waals surface area contributed by atoms with E-state index >= 15 is 0 Å². The number of benzene rings is 1. The number of piperidine rings is 1. The van der Waals surface area contributed by atoms with Crippen LogP contribution in [0.15, 0.2) is 18.2 Å². The zero-order valence-corrected chi connectivity index (χ0v) is 10.8. The summed E-state index contributed by atoms with van der Waals surface area (Å²) in [5.74, 6) is -3.64. The van der Waals surface area contributed by atoms with Gasteiger partial charge >= 0.3 is 5.97 Å². The number of rotatable bonds is 3. The third kappa shape index (κ3) is 2.95. The molecule has 4 nitrogen and oxygen atoms in total. The molecule has 0 aromatic heterocycles. The number of carboxylic acid groups (broad SMARTS) is 1. The van der Waals surface area contributed by atoms with E-state index in [0.29, 0.717) is 19.4 Å². The molecular weight excluding hydrogens is 268 g/mol. The number of carbonyl (C=O) groups excluding carboxylic acids is 1. The van der Waals surface area contributed by atoms with Crippen LogP contribution in [-0.4, -0.2) is 34.5 Å². The van der Waals surface area contributed by atoms with Crippen molar-refractivity contribution < 1.29 is 23.5 Å². The average molecular weight is 283 g/mol. The quantitative estimate of drug-likeness (QED) is 0.927. The van der Waals surface area contributed by atoms with Crippen LogP contribution in [0, 0.1) is 11.6 Å². The smallest absolute Gasteiger partial charge is 0.305 e. The lowest BCUT2D eigenvalue weighted by Gasteiger charge is -2.35. The second-order valence-electron chi connectivity index (χ2n) is 4.84. The first-order chi connectivity index (χ1) is 9.50. The number of carboxylic acids is 1. The van der Waals surface area contributed by atoms with Crippen LogP contribution in [0.4, 0.5) is 8.78 Å². The summed E-state index contributed by atoms with van der Waals surface area (Å²) in [5, 5.41) is 8.86. The summed E-state index contributed by atoms with van der Waals surface area (Å²) in [6.07, 6.45) is 1.84. The fourth-order valence-electron chi connectivity index (χ4n) is 2.53. The lowest BCUT2D eigenvalue weighted by molar-refractivity contribution is -0.138. The molecule has 1 aromatic rings. The Morgan fingerprint density at radius 1 is 1.25 bits per heavy atom. The molecule has 1 fully saturated rings. The van der Waals surface area contributed by atoms with Crippen LogP contribution in [-0.2, 0) is 4.79 Å². The van der Waals surface area contributed by atoms with Crippen molar-refractivity contribution in [1.82, 2.24) is 4.90 Å². The van der Waals surface area contributed by atoms with Crippen LogP contribution >= 0.6 is 0 Å². The Balaban J connectivity index is 2.28. The van der Waals surface area contributed by atoms with Gasteiger partial charge in [-0.15, -0.1) is 0 Å². The van der Waals surface area contributed by atoms with E-state index in [0.717, 1.165) is 18.6 Å². The molecular formula is C14H15F2NO3. The minimum Gasteiger partial charge on any atom is -0.481 e. The van der Waals surface area contributed by atoms with Crippen molar-refractivity contribution in [3.05, 3.63) is 35.4 Å². The SMILES string of the molecule is O=C(O)CC1CCCCN1C(=O)c1c(F)cccc1F.